The number of piperazine rings is 1. The average Bonchev–Trinajstić information content (AvgIpc) is 3.02. The molecule has 0 radical (unpaired) electrons. The molecule has 1 saturated heterocycles. The Kier molecular flexibility index (Phi) is 9.13. The highest BCUT2D eigenvalue weighted by atomic mass is 19.4. The number of aromatic nitrogens is 3. The second kappa shape index (κ2) is 13.2. The summed E-state index contributed by atoms with van der Waals surface area (Å²) in [4.78, 5) is 42.3. The minimum absolute atomic E-state index is 0.153. The molecule has 1 fully saturated rings. The Bertz CT molecular complexity index is 1710. The number of carbonyl (C=O) groups excluding carboxylic acids is 2. The van der Waals surface area contributed by atoms with Crippen molar-refractivity contribution in [2.45, 2.75) is 13.1 Å². The van der Waals surface area contributed by atoms with Gasteiger partial charge >= 0.3 is 12.2 Å². The molecule has 45 heavy (non-hydrogen) atoms. The van der Waals surface area contributed by atoms with Gasteiger partial charge in [0, 0.05) is 62.6 Å². The number of pyridine rings is 1. The van der Waals surface area contributed by atoms with E-state index in [1.165, 1.54) is 11.0 Å². The Hall–Kier alpha value is -5.24. The molecule has 0 atom stereocenters. The third-order valence-corrected chi connectivity index (χ3v) is 7.12. The lowest BCUT2D eigenvalue weighted by molar-refractivity contribution is -0.137. The highest BCUT2D eigenvalue weighted by Gasteiger charge is 2.33. The third kappa shape index (κ3) is 7.65. The quantitative estimate of drug-likeness (QED) is 0.239. The van der Waals surface area contributed by atoms with Gasteiger partial charge in [0.1, 0.15) is 5.75 Å². The maximum atomic E-state index is 13.7. The first-order chi connectivity index (χ1) is 21.5. The summed E-state index contributed by atoms with van der Waals surface area (Å²) in [6.45, 7) is 3.79. The van der Waals surface area contributed by atoms with Crippen LogP contribution in [-0.4, -0.2) is 77.0 Å². The van der Waals surface area contributed by atoms with Crippen LogP contribution >= 0.6 is 0 Å². The van der Waals surface area contributed by atoms with E-state index in [2.05, 4.69) is 30.9 Å². The van der Waals surface area contributed by atoms with Gasteiger partial charge in [-0.2, -0.15) is 13.2 Å². The van der Waals surface area contributed by atoms with Crippen molar-refractivity contribution in [1.82, 2.24) is 24.8 Å². The van der Waals surface area contributed by atoms with Gasteiger partial charge in [0.15, 0.2) is 0 Å². The predicted molar refractivity (Wildman–Crippen MR) is 164 cm³/mol. The van der Waals surface area contributed by atoms with Crippen molar-refractivity contribution in [2.75, 3.05) is 56.2 Å². The van der Waals surface area contributed by atoms with E-state index >= 15 is 0 Å². The predicted octanol–water partition coefficient (Wildman–Crippen LogP) is 5.73. The molecule has 1 aliphatic heterocycles. The van der Waals surface area contributed by atoms with Gasteiger partial charge in [-0.05, 0) is 74.1 Å². The summed E-state index contributed by atoms with van der Waals surface area (Å²) in [5, 5.41) is 7.94. The van der Waals surface area contributed by atoms with Crippen molar-refractivity contribution in [3.8, 4) is 22.9 Å². The van der Waals surface area contributed by atoms with E-state index in [-0.39, 0.29) is 11.3 Å². The van der Waals surface area contributed by atoms with Crippen LogP contribution in [0.5, 0.6) is 11.6 Å². The average molecular weight is 621 g/mol. The molecule has 5 rings (SSSR count). The normalized spacial score (nSPS) is 13.7. The number of alkyl halides is 3. The molecule has 1 aliphatic rings. The van der Waals surface area contributed by atoms with Gasteiger partial charge in [-0.1, -0.05) is 0 Å². The van der Waals surface area contributed by atoms with E-state index in [1.54, 1.807) is 56.7 Å². The molecule has 0 saturated carbocycles. The van der Waals surface area contributed by atoms with Crippen LogP contribution in [0.25, 0.3) is 11.3 Å². The molecule has 2 aromatic carbocycles. The molecule has 14 heteroatoms. The van der Waals surface area contributed by atoms with Gasteiger partial charge in [-0.25, -0.2) is 19.7 Å². The fourth-order valence-corrected chi connectivity index (χ4v) is 4.71. The Labute approximate surface area is 257 Å². The second-order valence-electron chi connectivity index (χ2n) is 10.4. The number of benzene rings is 2. The van der Waals surface area contributed by atoms with Gasteiger partial charge in [-0.15, -0.1) is 0 Å². The van der Waals surface area contributed by atoms with Gasteiger partial charge < -0.3 is 30.5 Å². The van der Waals surface area contributed by atoms with Crippen LogP contribution in [0, 0.1) is 6.92 Å². The van der Waals surface area contributed by atoms with Crippen LogP contribution in [-0.2, 0) is 6.18 Å². The molecule has 0 bridgehead atoms. The lowest BCUT2D eigenvalue weighted by Crippen LogP contribution is -2.47. The third-order valence-electron chi connectivity index (χ3n) is 7.12. The molecule has 11 nitrogen and oxygen atoms in total. The van der Waals surface area contributed by atoms with Crippen molar-refractivity contribution >= 4 is 29.3 Å². The van der Waals surface area contributed by atoms with Crippen LogP contribution in [0.3, 0.4) is 0 Å². The van der Waals surface area contributed by atoms with Gasteiger partial charge in [-0.3, -0.25) is 4.79 Å². The largest absolute Gasteiger partial charge is 0.438 e. The number of halogens is 3. The number of rotatable bonds is 7. The lowest BCUT2D eigenvalue weighted by Gasteiger charge is -2.32. The monoisotopic (exact) mass is 620 g/mol. The molecule has 0 spiro atoms. The minimum Gasteiger partial charge on any atom is -0.438 e. The number of aryl methyl sites for hydroxylation is 1. The van der Waals surface area contributed by atoms with E-state index in [0.717, 1.165) is 12.1 Å². The molecular formula is C31H31F3N8O3. The van der Waals surface area contributed by atoms with Crippen molar-refractivity contribution in [1.29, 1.82) is 0 Å². The first kappa shape index (κ1) is 31.2. The summed E-state index contributed by atoms with van der Waals surface area (Å²) < 4.78 is 47.2. The zero-order valence-electron chi connectivity index (χ0n) is 24.8. The van der Waals surface area contributed by atoms with Crippen molar-refractivity contribution in [3.05, 3.63) is 83.7 Å². The maximum Gasteiger partial charge on any atom is 0.416 e. The van der Waals surface area contributed by atoms with E-state index < -0.39 is 23.7 Å². The number of hydrogen-bond acceptors (Lipinski definition) is 8. The number of anilines is 3. The summed E-state index contributed by atoms with van der Waals surface area (Å²) in [5.74, 6) is 0.692. The topological polar surface area (TPSA) is 125 Å². The number of nitrogens with zero attached hydrogens (tertiary/aromatic N) is 5. The van der Waals surface area contributed by atoms with E-state index in [0.29, 0.717) is 66.3 Å². The first-order valence-electron chi connectivity index (χ1n) is 14.0. The van der Waals surface area contributed by atoms with Crippen molar-refractivity contribution in [2.24, 2.45) is 0 Å². The SMILES string of the molecule is CNc1nccc(-c2cccnc2Oc2ccc(NC(=O)Nc3cc(C(=O)N4CCN(C)CC4)cc(C(F)(F)F)c3)cc2C)n1. The van der Waals surface area contributed by atoms with E-state index in [9.17, 15) is 22.8 Å². The molecule has 0 aliphatic carbocycles. The zero-order valence-corrected chi connectivity index (χ0v) is 24.8. The van der Waals surface area contributed by atoms with Gasteiger partial charge in [0.05, 0.1) is 16.8 Å². The smallest absolute Gasteiger partial charge is 0.416 e. The number of hydrogen-bond donors (Lipinski definition) is 3. The Morgan fingerprint density at radius 1 is 0.911 bits per heavy atom. The molecule has 3 N–H and O–H groups in total. The summed E-state index contributed by atoms with van der Waals surface area (Å²) in [6.07, 6.45) is -1.51. The molecule has 3 amide bonds. The molecule has 234 valence electrons. The fourth-order valence-electron chi connectivity index (χ4n) is 4.71. The second-order valence-corrected chi connectivity index (χ2v) is 10.4. The van der Waals surface area contributed by atoms with Gasteiger partial charge in [0.2, 0.25) is 11.8 Å². The number of likely N-dealkylation sites (N-methyl/N-ethyl adjacent to an activating group) is 1. The summed E-state index contributed by atoms with van der Waals surface area (Å²) in [7, 11) is 3.62. The summed E-state index contributed by atoms with van der Waals surface area (Å²) in [6, 6.07) is 12.3. The van der Waals surface area contributed by atoms with Crippen LogP contribution in [0.1, 0.15) is 21.5 Å². The van der Waals surface area contributed by atoms with E-state index in [4.69, 9.17) is 4.74 Å². The maximum absolute atomic E-state index is 13.7. The first-order valence-corrected chi connectivity index (χ1v) is 14.0. The number of amides is 3. The zero-order chi connectivity index (χ0) is 32.1. The molecular weight excluding hydrogens is 589 g/mol. The summed E-state index contributed by atoms with van der Waals surface area (Å²) >= 11 is 0. The lowest BCUT2D eigenvalue weighted by atomic mass is 10.1. The van der Waals surface area contributed by atoms with Crippen molar-refractivity contribution in [3.63, 3.8) is 0 Å². The molecule has 0 unspecified atom stereocenters. The van der Waals surface area contributed by atoms with Gasteiger partial charge in [0.25, 0.3) is 5.91 Å². The summed E-state index contributed by atoms with van der Waals surface area (Å²) in [5.41, 5.74) is 0.923. The number of ether oxygens (including phenoxy) is 1. The Balaban J connectivity index is 1.30. The van der Waals surface area contributed by atoms with E-state index in [1.807, 2.05) is 18.0 Å². The molecule has 3 heterocycles. The number of urea groups is 1. The van der Waals surface area contributed by atoms with Crippen molar-refractivity contribution < 1.29 is 27.5 Å². The van der Waals surface area contributed by atoms with Crippen LogP contribution in [0.15, 0.2) is 67.0 Å². The number of carbonyl (C=O) groups is 2. The standard InChI is InChI=1S/C31H31F3N8O3/c1-19-15-22(6-7-26(19)45-27-24(5-4-9-36-27)25-8-10-37-29(35-2)40-25)38-30(44)39-23-17-20(16-21(18-23)31(32,33)34)28(43)42-13-11-41(3)12-14-42/h4-10,15-18H,11-14H2,1-3H3,(H,35,37,40)(H2,38,39,44). The highest BCUT2D eigenvalue weighted by molar-refractivity contribution is 6.01. The van der Waals surface area contributed by atoms with Crippen LogP contribution in [0.4, 0.5) is 35.3 Å². The van der Waals surface area contributed by atoms with Crippen LogP contribution < -0.4 is 20.7 Å². The Morgan fingerprint density at radius 2 is 1.67 bits per heavy atom. The molecule has 4 aromatic rings. The fraction of sp³-hybridized carbons (Fsp3) is 0.258. The minimum atomic E-state index is -4.71. The molecule has 2 aromatic heterocycles. The van der Waals surface area contributed by atoms with Crippen LogP contribution in [0.2, 0.25) is 0 Å². The highest BCUT2D eigenvalue weighted by Crippen LogP contribution is 2.34. The Morgan fingerprint density at radius 3 is 2.38 bits per heavy atom. The number of nitrogens with one attached hydrogen (secondary N) is 3.